The van der Waals surface area contributed by atoms with E-state index in [-0.39, 0.29) is 11.9 Å². The Morgan fingerprint density at radius 2 is 2.00 bits per heavy atom. The van der Waals surface area contributed by atoms with Crippen LogP contribution in [0.5, 0.6) is 0 Å². The Bertz CT molecular complexity index is 1070. The number of hydrogen-bond acceptors (Lipinski definition) is 4. The van der Waals surface area contributed by atoms with E-state index in [4.69, 9.17) is 11.6 Å². The third kappa shape index (κ3) is 3.16. The molecule has 2 aromatic heterocycles. The molecule has 0 aliphatic heterocycles. The molecule has 0 aliphatic rings. The summed E-state index contributed by atoms with van der Waals surface area (Å²) in [6.07, 6.45) is 3.40. The first-order valence-corrected chi connectivity index (χ1v) is 9.37. The molecule has 0 radical (unpaired) electrons. The zero-order chi connectivity index (χ0) is 18.1. The molecule has 0 bridgehead atoms. The van der Waals surface area contributed by atoms with E-state index in [0.29, 0.717) is 10.6 Å². The average Bonchev–Trinajstić information content (AvgIpc) is 3.19. The third-order valence-electron chi connectivity index (χ3n) is 4.27. The van der Waals surface area contributed by atoms with Gasteiger partial charge in [-0.25, -0.2) is 4.39 Å². The highest BCUT2D eigenvalue weighted by molar-refractivity contribution is 7.13. The summed E-state index contributed by atoms with van der Waals surface area (Å²) in [4.78, 5) is 9.43. The van der Waals surface area contributed by atoms with Crippen molar-refractivity contribution in [3.8, 4) is 10.4 Å². The van der Waals surface area contributed by atoms with Gasteiger partial charge < -0.3 is 5.32 Å². The van der Waals surface area contributed by atoms with Crippen LogP contribution >= 0.6 is 22.9 Å². The van der Waals surface area contributed by atoms with Crippen LogP contribution in [0.1, 0.15) is 18.5 Å². The Hall–Kier alpha value is -2.50. The quantitative estimate of drug-likeness (QED) is 0.447. The van der Waals surface area contributed by atoms with Gasteiger partial charge in [0.15, 0.2) is 0 Å². The van der Waals surface area contributed by atoms with Gasteiger partial charge >= 0.3 is 0 Å². The molecule has 6 heteroatoms. The smallest absolute Gasteiger partial charge is 0.128 e. The van der Waals surface area contributed by atoms with Gasteiger partial charge in [-0.3, -0.25) is 9.97 Å². The monoisotopic (exact) mass is 383 g/mol. The van der Waals surface area contributed by atoms with E-state index in [2.05, 4.69) is 15.3 Å². The lowest BCUT2D eigenvalue weighted by Gasteiger charge is -2.19. The van der Waals surface area contributed by atoms with Crippen molar-refractivity contribution in [3.63, 3.8) is 0 Å². The molecule has 1 atom stereocenters. The number of nitrogens with one attached hydrogen (secondary N) is 1. The molecule has 0 saturated carbocycles. The molecule has 2 heterocycles. The van der Waals surface area contributed by atoms with Crippen molar-refractivity contribution in [2.45, 2.75) is 13.0 Å². The molecule has 0 amide bonds. The maximum atomic E-state index is 14.5. The van der Waals surface area contributed by atoms with E-state index < -0.39 is 0 Å². The summed E-state index contributed by atoms with van der Waals surface area (Å²) in [5.74, 6) is -0.257. The fourth-order valence-corrected chi connectivity index (χ4v) is 3.77. The molecule has 0 spiro atoms. The van der Waals surface area contributed by atoms with Crippen molar-refractivity contribution >= 4 is 39.5 Å². The lowest BCUT2D eigenvalue weighted by Crippen LogP contribution is -2.10. The maximum absolute atomic E-state index is 14.5. The molecule has 0 saturated heterocycles. The van der Waals surface area contributed by atoms with Crippen molar-refractivity contribution in [1.29, 1.82) is 0 Å². The highest BCUT2D eigenvalue weighted by atomic mass is 35.5. The van der Waals surface area contributed by atoms with Gasteiger partial charge in [-0.05, 0) is 30.7 Å². The van der Waals surface area contributed by atoms with Crippen LogP contribution in [0.3, 0.4) is 0 Å². The lowest BCUT2D eigenvalue weighted by atomic mass is 10.0. The highest BCUT2D eigenvalue weighted by Gasteiger charge is 2.16. The van der Waals surface area contributed by atoms with Crippen LogP contribution in [0.15, 0.2) is 60.4 Å². The second kappa shape index (κ2) is 7.02. The minimum Gasteiger partial charge on any atom is -0.377 e. The van der Waals surface area contributed by atoms with E-state index in [9.17, 15) is 4.39 Å². The summed E-state index contributed by atoms with van der Waals surface area (Å²) < 4.78 is 14.5. The number of nitrogens with zero attached hydrogens (tertiary/aromatic N) is 2. The molecule has 4 aromatic rings. The number of aromatic nitrogens is 2. The molecule has 2 aromatic carbocycles. The summed E-state index contributed by atoms with van der Waals surface area (Å²) in [6, 6.07) is 12.6. The van der Waals surface area contributed by atoms with Crippen molar-refractivity contribution in [2.24, 2.45) is 0 Å². The van der Waals surface area contributed by atoms with E-state index in [0.717, 1.165) is 27.0 Å². The average molecular weight is 384 g/mol. The first-order valence-electron chi connectivity index (χ1n) is 8.11. The van der Waals surface area contributed by atoms with Gasteiger partial charge in [0.1, 0.15) is 5.82 Å². The Morgan fingerprint density at radius 1 is 1.15 bits per heavy atom. The maximum Gasteiger partial charge on any atom is 0.128 e. The summed E-state index contributed by atoms with van der Waals surface area (Å²) in [5.41, 5.74) is 4.89. The number of pyridine rings is 1. The second-order valence-corrected chi connectivity index (χ2v) is 7.26. The van der Waals surface area contributed by atoms with Crippen LogP contribution in [0.25, 0.3) is 21.3 Å². The number of anilines is 1. The number of para-hydroxylation sites is 1. The van der Waals surface area contributed by atoms with E-state index >= 15 is 0 Å². The fraction of sp³-hybridized carbons (Fsp3) is 0.100. The van der Waals surface area contributed by atoms with Gasteiger partial charge in [0.2, 0.25) is 0 Å². The van der Waals surface area contributed by atoms with Crippen LogP contribution in [0, 0.1) is 5.82 Å². The molecule has 4 rings (SSSR count). The largest absolute Gasteiger partial charge is 0.377 e. The van der Waals surface area contributed by atoms with Gasteiger partial charge in [0, 0.05) is 23.3 Å². The molecule has 130 valence electrons. The molecular formula is C20H15ClFN3S. The Labute approximate surface area is 159 Å². The third-order valence-corrected chi connectivity index (χ3v) is 5.38. The number of benzene rings is 2. The standard InChI is InChI=1S/C20H15ClFN3S/c1-12(15-8-13(6-7-17(15)22)19-10-23-11-26-19)25-20-14-4-2-3-5-18(14)24-9-16(20)21/h2-12H,1H3,(H,24,25)/t12-/m1/s1. The Kier molecular flexibility index (Phi) is 4.57. The summed E-state index contributed by atoms with van der Waals surface area (Å²) in [7, 11) is 0. The van der Waals surface area contributed by atoms with Gasteiger partial charge in [-0.1, -0.05) is 35.9 Å². The van der Waals surface area contributed by atoms with E-state index in [1.165, 1.54) is 17.4 Å². The van der Waals surface area contributed by atoms with Crippen LogP contribution in [0.4, 0.5) is 10.1 Å². The van der Waals surface area contributed by atoms with Crippen molar-refractivity contribution in [2.75, 3.05) is 5.32 Å². The molecule has 3 nitrogen and oxygen atoms in total. The minimum atomic E-state index is -0.272. The number of rotatable bonds is 4. The van der Waals surface area contributed by atoms with E-state index in [1.54, 1.807) is 24.0 Å². The zero-order valence-corrected chi connectivity index (χ0v) is 15.5. The Balaban J connectivity index is 1.72. The Morgan fingerprint density at radius 3 is 2.81 bits per heavy atom. The molecule has 0 aliphatic carbocycles. The van der Waals surface area contributed by atoms with Gasteiger partial charge in [-0.15, -0.1) is 11.3 Å². The van der Waals surface area contributed by atoms with Crippen LogP contribution in [0.2, 0.25) is 5.02 Å². The van der Waals surface area contributed by atoms with Crippen molar-refractivity contribution in [3.05, 3.63) is 76.8 Å². The second-order valence-electron chi connectivity index (χ2n) is 5.97. The number of thiazole rings is 1. The van der Waals surface area contributed by atoms with Gasteiger partial charge in [-0.2, -0.15) is 0 Å². The summed E-state index contributed by atoms with van der Waals surface area (Å²) in [6.45, 7) is 1.92. The van der Waals surface area contributed by atoms with Gasteiger partial charge in [0.05, 0.1) is 32.7 Å². The summed E-state index contributed by atoms with van der Waals surface area (Å²) in [5, 5.41) is 4.78. The van der Waals surface area contributed by atoms with E-state index in [1.807, 2.05) is 37.3 Å². The first-order chi connectivity index (χ1) is 12.6. The van der Waals surface area contributed by atoms with Crippen LogP contribution < -0.4 is 5.32 Å². The fourth-order valence-electron chi connectivity index (χ4n) is 2.95. The normalized spacial score (nSPS) is 12.3. The first kappa shape index (κ1) is 16.9. The predicted molar refractivity (Wildman–Crippen MR) is 106 cm³/mol. The molecule has 26 heavy (non-hydrogen) atoms. The molecule has 0 unspecified atom stereocenters. The van der Waals surface area contributed by atoms with Crippen molar-refractivity contribution < 1.29 is 4.39 Å². The highest BCUT2D eigenvalue weighted by Crippen LogP contribution is 2.34. The lowest BCUT2D eigenvalue weighted by molar-refractivity contribution is 0.600. The summed E-state index contributed by atoms with van der Waals surface area (Å²) >= 11 is 7.89. The molecular weight excluding hydrogens is 369 g/mol. The molecule has 1 N–H and O–H groups in total. The molecule has 0 fully saturated rings. The van der Waals surface area contributed by atoms with Crippen LogP contribution in [-0.4, -0.2) is 9.97 Å². The zero-order valence-electron chi connectivity index (χ0n) is 13.9. The minimum absolute atomic E-state index is 0.257. The van der Waals surface area contributed by atoms with Gasteiger partial charge in [0.25, 0.3) is 0 Å². The van der Waals surface area contributed by atoms with Crippen LogP contribution in [-0.2, 0) is 0 Å². The SMILES string of the molecule is C[C@@H](Nc1c(Cl)cnc2ccccc12)c1cc(-c2cncs2)ccc1F. The number of fused-ring (bicyclic) bond motifs is 1. The topological polar surface area (TPSA) is 37.8 Å². The van der Waals surface area contributed by atoms with Crippen molar-refractivity contribution in [1.82, 2.24) is 9.97 Å². The number of halogens is 2. The predicted octanol–water partition coefficient (Wildman–Crippen LogP) is 6.32. The number of hydrogen-bond donors (Lipinski definition) is 1.